The van der Waals surface area contributed by atoms with E-state index in [9.17, 15) is 0 Å². The van der Waals surface area contributed by atoms with Crippen molar-refractivity contribution in [3.05, 3.63) is 28.5 Å². The zero-order chi connectivity index (χ0) is 12.0. The number of aromatic nitrogens is 1. The number of nitrogens with one attached hydrogen (secondary N) is 1. The molecule has 4 heteroatoms. The molecular weight excluding hydrogens is 266 g/mol. The summed E-state index contributed by atoms with van der Waals surface area (Å²) in [6, 6.07) is 4.58. The van der Waals surface area contributed by atoms with Crippen LogP contribution in [0.2, 0.25) is 0 Å². The standard InChI is InChI=1S/C12H20BrN3/c1-10(6-7-16(2)3)14-9-12-5-4-11(13)8-15-12/h4-5,8,10,14H,6-7,9H2,1-3H3. The molecule has 90 valence electrons. The van der Waals surface area contributed by atoms with Crippen molar-refractivity contribution in [3.63, 3.8) is 0 Å². The van der Waals surface area contributed by atoms with E-state index in [-0.39, 0.29) is 0 Å². The van der Waals surface area contributed by atoms with Crippen molar-refractivity contribution in [1.29, 1.82) is 0 Å². The van der Waals surface area contributed by atoms with Crippen molar-refractivity contribution in [1.82, 2.24) is 15.2 Å². The summed E-state index contributed by atoms with van der Waals surface area (Å²) in [4.78, 5) is 6.53. The number of hydrogen-bond donors (Lipinski definition) is 1. The zero-order valence-electron chi connectivity index (χ0n) is 10.2. The third-order valence-electron chi connectivity index (χ3n) is 2.43. The van der Waals surface area contributed by atoms with Gasteiger partial charge in [-0.15, -0.1) is 0 Å². The highest BCUT2D eigenvalue weighted by Gasteiger charge is 2.02. The van der Waals surface area contributed by atoms with E-state index in [4.69, 9.17) is 0 Å². The average molecular weight is 286 g/mol. The first-order valence-electron chi connectivity index (χ1n) is 5.56. The van der Waals surface area contributed by atoms with Gasteiger partial charge in [0, 0.05) is 23.3 Å². The Morgan fingerprint density at radius 3 is 2.75 bits per heavy atom. The smallest absolute Gasteiger partial charge is 0.0542 e. The second-order valence-corrected chi connectivity index (χ2v) is 5.26. The lowest BCUT2D eigenvalue weighted by atomic mass is 10.2. The van der Waals surface area contributed by atoms with Crippen molar-refractivity contribution in [3.8, 4) is 0 Å². The van der Waals surface area contributed by atoms with Crippen LogP contribution < -0.4 is 5.32 Å². The molecule has 0 spiro atoms. The van der Waals surface area contributed by atoms with Gasteiger partial charge in [-0.3, -0.25) is 4.98 Å². The third kappa shape index (κ3) is 5.58. The molecule has 1 aromatic rings. The van der Waals surface area contributed by atoms with Crippen molar-refractivity contribution in [2.24, 2.45) is 0 Å². The van der Waals surface area contributed by atoms with Crippen molar-refractivity contribution < 1.29 is 0 Å². The predicted molar refractivity (Wildman–Crippen MR) is 71.4 cm³/mol. The molecule has 1 unspecified atom stereocenters. The first-order chi connectivity index (χ1) is 7.58. The highest BCUT2D eigenvalue weighted by atomic mass is 79.9. The van der Waals surface area contributed by atoms with Gasteiger partial charge in [0.1, 0.15) is 0 Å². The summed E-state index contributed by atoms with van der Waals surface area (Å²) >= 11 is 3.38. The van der Waals surface area contributed by atoms with Gasteiger partial charge in [0.15, 0.2) is 0 Å². The van der Waals surface area contributed by atoms with Gasteiger partial charge in [-0.1, -0.05) is 0 Å². The highest BCUT2D eigenvalue weighted by molar-refractivity contribution is 9.10. The first kappa shape index (κ1) is 13.6. The van der Waals surface area contributed by atoms with Crippen LogP contribution >= 0.6 is 15.9 Å². The molecule has 0 fully saturated rings. The molecule has 0 aromatic carbocycles. The fourth-order valence-corrected chi connectivity index (χ4v) is 1.58. The van der Waals surface area contributed by atoms with Crippen LogP contribution in [-0.2, 0) is 6.54 Å². The quantitative estimate of drug-likeness (QED) is 0.869. The Hall–Kier alpha value is -0.450. The second-order valence-electron chi connectivity index (χ2n) is 4.34. The molecule has 0 aliphatic rings. The summed E-state index contributed by atoms with van der Waals surface area (Å²) in [7, 11) is 4.20. The lowest BCUT2D eigenvalue weighted by molar-refractivity contribution is 0.365. The molecule has 0 aliphatic heterocycles. The molecular formula is C12H20BrN3. The van der Waals surface area contributed by atoms with Crippen LogP contribution in [0.1, 0.15) is 19.0 Å². The number of rotatable bonds is 6. The summed E-state index contributed by atoms with van der Waals surface area (Å²) in [6.07, 6.45) is 2.99. The molecule has 1 aromatic heterocycles. The minimum atomic E-state index is 0.521. The molecule has 1 N–H and O–H groups in total. The molecule has 16 heavy (non-hydrogen) atoms. The molecule has 1 rings (SSSR count). The van der Waals surface area contributed by atoms with Gasteiger partial charge in [0.25, 0.3) is 0 Å². The molecule has 0 bridgehead atoms. The molecule has 1 heterocycles. The Bertz CT molecular complexity index is 298. The Morgan fingerprint density at radius 1 is 1.44 bits per heavy atom. The summed E-state index contributed by atoms with van der Waals surface area (Å²) in [5, 5.41) is 3.47. The average Bonchev–Trinajstić information content (AvgIpc) is 2.25. The maximum Gasteiger partial charge on any atom is 0.0542 e. The Kier molecular flexibility index (Phi) is 5.95. The first-order valence-corrected chi connectivity index (χ1v) is 6.36. The maximum atomic E-state index is 4.33. The summed E-state index contributed by atoms with van der Waals surface area (Å²) in [6.45, 7) is 4.16. The fourth-order valence-electron chi connectivity index (χ4n) is 1.34. The zero-order valence-corrected chi connectivity index (χ0v) is 11.8. The van der Waals surface area contributed by atoms with E-state index in [1.807, 2.05) is 18.3 Å². The lowest BCUT2D eigenvalue weighted by Gasteiger charge is -2.16. The van der Waals surface area contributed by atoms with Crippen LogP contribution in [0, 0.1) is 0 Å². The van der Waals surface area contributed by atoms with Crippen LogP contribution in [-0.4, -0.2) is 36.6 Å². The predicted octanol–water partition coefficient (Wildman–Crippen LogP) is 2.27. The molecule has 3 nitrogen and oxygen atoms in total. The van der Waals surface area contributed by atoms with Gasteiger partial charge in [-0.05, 0) is 62.0 Å². The highest BCUT2D eigenvalue weighted by Crippen LogP contribution is 2.07. The van der Waals surface area contributed by atoms with Gasteiger partial charge >= 0.3 is 0 Å². The van der Waals surface area contributed by atoms with E-state index in [2.05, 4.69) is 52.1 Å². The SMILES string of the molecule is CC(CCN(C)C)NCc1ccc(Br)cn1. The van der Waals surface area contributed by atoms with E-state index >= 15 is 0 Å². The minimum Gasteiger partial charge on any atom is -0.309 e. The summed E-state index contributed by atoms with van der Waals surface area (Å²) in [5.74, 6) is 0. The van der Waals surface area contributed by atoms with Crippen LogP contribution in [0.25, 0.3) is 0 Å². The normalized spacial score (nSPS) is 13.1. The number of halogens is 1. The topological polar surface area (TPSA) is 28.2 Å². The van der Waals surface area contributed by atoms with E-state index < -0.39 is 0 Å². The number of pyridine rings is 1. The van der Waals surface area contributed by atoms with Crippen molar-refractivity contribution in [2.75, 3.05) is 20.6 Å². The Morgan fingerprint density at radius 2 is 2.19 bits per heavy atom. The van der Waals surface area contributed by atoms with E-state index in [1.54, 1.807) is 0 Å². The molecule has 0 radical (unpaired) electrons. The van der Waals surface area contributed by atoms with Gasteiger partial charge in [0.05, 0.1) is 5.69 Å². The third-order valence-corrected chi connectivity index (χ3v) is 2.90. The molecule has 0 saturated carbocycles. The van der Waals surface area contributed by atoms with Gasteiger partial charge < -0.3 is 10.2 Å². The fraction of sp³-hybridized carbons (Fsp3) is 0.583. The maximum absolute atomic E-state index is 4.33. The molecule has 1 atom stereocenters. The van der Waals surface area contributed by atoms with Crippen molar-refractivity contribution >= 4 is 15.9 Å². The van der Waals surface area contributed by atoms with E-state index in [0.717, 1.165) is 29.7 Å². The minimum absolute atomic E-state index is 0.521. The van der Waals surface area contributed by atoms with Gasteiger partial charge in [-0.2, -0.15) is 0 Å². The number of hydrogen-bond acceptors (Lipinski definition) is 3. The Balaban J connectivity index is 2.26. The van der Waals surface area contributed by atoms with Crippen molar-refractivity contribution in [2.45, 2.75) is 25.9 Å². The molecule has 0 amide bonds. The van der Waals surface area contributed by atoms with Crippen LogP contribution in [0.15, 0.2) is 22.8 Å². The largest absolute Gasteiger partial charge is 0.309 e. The van der Waals surface area contributed by atoms with Gasteiger partial charge in [-0.25, -0.2) is 0 Å². The summed E-state index contributed by atoms with van der Waals surface area (Å²) in [5.41, 5.74) is 1.08. The molecule has 0 saturated heterocycles. The monoisotopic (exact) mass is 285 g/mol. The van der Waals surface area contributed by atoms with E-state index in [0.29, 0.717) is 6.04 Å². The van der Waals surface area contributed by atoms with E-state index in [1.165, 1.54) is 0 Å². The second kappa shape index (κ2) is 6.99. The summed E-state index contributed by atoms with van der Waals surface area (Å²) < 4.78 is 1.02. The van der Waals surface area contributed by atoms with Crippen LogP contribution in [0.5, 0.6) is 0 Å². The lowest BCUT2D eigenvalue weighted by Crippen LogP contribution is -2.29. The number of nitrogens with zero attached hydrogens (tertiary/aromatic N) is 2. The Labute approximate surface area is 106 Å². The van der Waals surface area contributed by atoms with Crippen LogP contribution in [0.3, 0.4) is 0 Å². The van der Waals surface area contributed by atoms with Crippen LogP contribution in [0.4, 0.5) is 0 Å². The molecule has 0 aliphatic carbocycles. The van der Waals surface area contributed by atoms with Gasteiger partial charge in [0.2, 0.25) is 0 Å².